The van der Waals surface area contributed by atoms with Crippen LogP contribution in [0.15, 0.2) is 35.1 Å². The van der Waals surface area contributed by atoms with Gasteiger partial charge in [-0.2, -0.15) is 5.09 Å². The minimum absolute atomic E-state index is 0.127. The van der Waals surface area contributed by atoms with Gasteiger partial charge in [0.05, 0.1) is 20.0 Å². The fourth-order valence-electron chi connectivity index (χ4n) is 3.69. The predicted molar refractivity (Wildman–Crippen MR) is 132 cm³/mol. The molecule has 1 fully saturated rings. The van der Waals surface area contributed by atoms with Crippen molar-refractivity contribution < 1.29 is 23.1 Å². The Kier molecular flexibility index (Phi) is 7.39. The second-order valence-electron chi connectivity index (χ2n) is 7.98. The maximum Gasteiger partial charge on any atom is 0.459 e. The van der Waals surface area contributed by atoms with Gasteiger partial charge in [-0.3, -0.25) is 9.32 Å². The van der Waals surface area contributed by atoms with Crippen molar-refractivity contribution in [2.45, 2.75) is 31.8 Å². The molecule has 1 unspecified atom stereocenters. The number of methoxy groups -OCH3 is 1. The zero-order valence-corrected chi connectivity index (χ0v) is 21.7. The Morgan fingerprint density at radius 1 is 1.41 bits per heavy atom. The van der Waals surface area contributed by atoms with Crippen LogP contribution in [0.2, 0.25) is 0 Å². The van der Waals surface area contributed by atoms with Crippen LogP contribution in [0.25, 0.3) is 11.2 Å². The molecule has 0 bridgehead atoms. The van der Waals surface area contributed by atoms with E-state index in [-0.39, 0.29) is 24.5 Å². The molecule has 182 valence electrons. The molecule has 2 aromatic heterocycles. The number of fused-ring (bicyclic) bond motifs is 1. The number of aromatic nitrogens is 4. The molecule has 1 aromatic carbocycles. The molecule has 0 radical (unpaired) electrons. The predicted octanol–water partition coefficient (Wildman–Crippen LogP) is 4.14. The second kappa shape index (κ2) is 10.1. The molecule has 0 aliphatic heterocycles. The molecule has 2 atom stereocenters. The van der Waals surface area contributed by atoms with Gasteiger partial charge in [0.1, 0.15) is 23.0 Å². The molecule has 1 aliphatic carbocycles. The van der Waals surface area contributed by atoms with Gasteiger partial charge in [0.25, 0.3) is 0 Å². The summed E-state index contributed by atoms with van der Waals surface area (Å²) < 4.78 is 32.8. The number of ether oxygens (including phenoxy) is 1. The van der Waals surface area contributed by atoms with Gasteiger partial charge < -0.3 is 24.5 Å². The zero-order valence-electron chi connectivity index (χ0n) is 18.4. The van der Waals surface area contributed by atoms with Gasteiger partial charge in [-0.05, 0) is 49.9 Å². The van der Waals surface area contributed by atoms with Gasteiger partial charge in [0.2, 0.25) is 0 Å². The third-order valence-electron chi connectivity index (χ3n) is 5.49. The molecule has 2 heterocycles. The molecule has 1 saturated carbocycles. The fourth-order valence-corrected chi connectivity index (χ4v) is 5.77. The summed E-state index contributed by atoms with van der Waals surface area (Å²) in [6, 6.07) is 6.07. The van der Waals surface area contributed by atoms with Crippen LogP contribution in [0.5, 0.6) is 5.75 Å². The van der Waals surface area contributed by atoms with E-state index in [2.05, 4.69) is 36.0 Å². The van der Waals surface area contributed by atoms with Crippen LogP contribution in [-0.4, -0.2) is 45.2 Å². The van der Waals surface area contributed by atoms with E-state index in [1.807, 2.05) is 4.57 Å². The Bertz CT molecular complexity index is 1290. The van der Waals surface area contributed by atoms with Crippen molar-refractivity contribution in [2.75, 3.05) is 19.5 Å². The Hall–Kier alpha value is -2.31. The summed E-state index contributed by atoms with van der Waals surface area (Å²) >= 11 is 8.58. The zero-order chi connectivity index (χ0) is 24.5. The van der Waals surface area contributed by atoms with Gasteiger partial charge in [-0.15, -0.1) is 0 Å². The molecule has 3 aromatic rings. The smallest absolute Gasteiger partial charge is 0.459 e. The molecule has 0 spiro atoms. The number of rotatable bonds is 9. The van der Waals surface area contributed by atoms with Crippen LogP contribution < -0.4 is 15.3 Å². The van der Waals surface area contributed by atoms with Gasteiger partial charge in [0, 0.05) is 10.5 Å². The SMILES string of the molecule is COC(=O)[C@H](C)NP(=O)(OCC1CC(n2cnc3c(=S)nc(N)[nH]c32)C1)Oc1ccc(Br)cc1. The van der Waals surface area contributed by atoms with Crippen molar-refractivity contribution >= 4 is 59.0 Å². The van der Waals surface area contributed by atoms with Gasteiger partial charge in [-0.25, -0.2) is 14.5 Å². The number of benzene rings is 1. The van der Waals surface area contributed by atoms with Crippen LogP contribution in [0.1, 0.15) is 25.8 Å². The summed E-state index contributed by atoms with van der Waals surface area (Å²) in [5.41, 5.74) is 7.11. The molecule has 14 heteroatoms. The lowest BCUT2D eigenvalue weighted by atomic mass is 9.81. The van der Waals surface area contributed by atoms with Crippen LogP contribution in [0.3, 0.4) is 0 Å². The summed E-state index contributed by atoms with van der Waals surface area (Å²) in [5, 5.41) is 2.66. The average Bonchev–Trinajstić information content (AvgIpc) is 3.17. The first kappa shape index (κ1) is 24.8. The number of esters is 1. The molecule has 0 amide bonds. The lowest BCUT2D eigenvalue weighted by Gasteiger charge is -2.36. The maximum absolute atomic E-state index is 13.5. The van der Waals surface area contributed by atoms with E-state index >= 15 is 0 Å². The first-order valence-electron chi connectivity index (χ1n) is 10.4. The van der Waals surface area contributed by atoms with E-state index in [4.69, 9.17) is 31.7 Å². The summed E-state index contributed by atoms with van der Waals surface area (Å²) in [6.45, 7) is 1.71. The topological polar surface area (TPSA) is 146 Å². The van der Waals surface area contributed by atoms with Gasteiger partial charge in [0.15, 0.2) is 10.6 Å². The molecule has 4 rings (SSSR count). The lowest BCUT2D eigenvalue weighted by Crippen LogP contribution is -2.36. The number of carbonyl (C=O) groups is 1. The van der Waals surface area contributed by atoms with Crippen molar-refractivity contribution in [2.24, 2.45) is 5.92 Å². The number of imidazole rings is 1. The molecule has 4 N–H and O–H groups in total. The highest BCUT2D eigenvalue weighted by Crippen LogP contribution is 2.48. The maximum atomic E-state index is 13.5. The van der Waals surface area contributed by atoms with Crippen molar-refractivity contribution in [1.29, 1.82) is 0 Å². The Balaban J connectivity index is 1.42. The first-order chi connectivity index (χ1) is 16.2. The number of nitrogens with one attached hydrogen (secondary N) is 2. The van der Waals surface area contributed by atoms with Crippen LogP contribution >= 0.6 is 35.9 Å². The third-order valence-corrected chi connectivity index (χ3v) is 7.95. The van der Waals surface area contributed by atoms with Crippen molar-refractivity contribution in [3.8, 4) is 5.75 Å². The average molecular weight is 571 g/mol. The van der Waals surface area contributed by atoms with E-state index in [9.17, 15) is 9.36 Å². The Morgan fingerprint density at radius 3 is 2.79 bits per heavy atom. The normalized spacial score (nSPS) is 20.3. The van der Waals surface area contributed by atoms with E-state index in [1.54, 1.807) is 30.6 Å². The number of hydrogen-bond acceptors (Lipinski definition) is 9. The van der Waals surface area contributed by atoms with Crippen LogP contribution in [0, 0.1) is 10.6 Å². The number of nitrogen functional groups attached to an aromatic ring is 1. The number of hydrogen-bond donors (Lipinski definition) is 3. The largest absolute Gasteiger partial charge is 0.468 e. The number of nitrogens with two attached hydrogens (primary N) is 1. The Labute approximate surface area is 209 Å². The summed E-state index contributed by atoms with van der Waals surface area (Å²) in [5.74, 6) is 0.121. The van der Waals surface area contributed by atoms with E-state index in [0.717, 1.165) is 23.0 Å². The molecular formula is C20H24BrN6O5PS. The van der Waals surface area contributed by atoms with Gasteiger partial charge >= 0.3 is 13.7 Å². The molecule has 0 saturated heterocycles. The molecule has 34 heavy (non-hydrogen) atoms. The number of nitrogens with zero attached hydrogens (tertiary/aromatic N) is 3. The second-order valence-corrected chi connectivity index (χ2v) is 11.0. The highest BCUT2D eigenvalue weighted by atomic mass is 79.9. The van der Waals surface area contributed by atoms with Crippen molar-refractivity contribution in [3.63, 3.8) is 0 Å². The summed E-state index contributed by atoms with van der Waals surface area (Å²) in [4.78, 5) is 23.2. The van der Waals surface area contributed by atoms with Gasteiger partial charge in [-0.1, -0.05) is 28.1 Å². The van der Waals surface area contributed by atoms with E-state index < -0.39 is 19.8 Å². The van der Waals surface area contributed by atoms with Crippen LogP contribution in [0.4, 0.5) is 5.95 Å². The number of halogens is 1. The van der Waals surface area contributed by atoms with Crippen molar-refractivity contribution in [3.05, 3.63) is 39.7 Å². The summed E-state index contributed by atoms with van der Waals surface area (Å²) in [6.07, 6.45) is 3.24. The fraction of sp³-hybridized carbons (Fsp3) is 0.400. The highest BCUT2D eigenvalue weighted by Gasteiger charge is 2.37. The standard InChI is InChI=1S/C20H24BrN6O5PS/c1-11(19(28)30-2)26-33(29,32-15-5-3-13(21)4-6-15)31-9-12-7-14(8-12)27-10-23-16-17(27)24-20(22)25-18(16)34/h3-6,10-12,14H,7-9H2,1-2H3,(H,26,29)(H3,22,24,25,34)/t11-,12?,14?,33?/m0/s1. The third kappa shape index (κ3) is 5.49. The monoisotopic (exact) mass is 570 g/mol. The Morgan fingerprint density at radius 2 is 2.12 bits per heavy atom. The minimum atomic E-state index is -3.87. The van der Waals surface area contributed by atoms with Crippen molar-refractivity contribution in [1.82, 2.24) is 24.6 Å². The number of H-pyrrole nitrogens is 1. The first-order valence-corrected chi connectivity index (χ1v) is 13.2. The number of aromatic amines is 1. The van der Waals surface area contributed by atoms with E-state index in [0.29, 0.717) is 15.9 Å². The quantitative estimate of drug-likeness (QED) is 0.195. The molecule has 11 nitrogen and oxygen atoms in total. The minimum Gasteiger partial charge on any atom is -0.468 e. The lowest BCUT2D eigenvalue weighted by molar-refractivity contribution is -0.142. The molecule has 1 aliphatic rings. The number of carbonyl (C=O) groups excluding carboxylic acids is 1. The summed E-state index contributed by atoms with van der Waals surface area (Å²) in [7, 11) is -2.62. The van der Waals surface area contributed by atoms with Crippen LogP contribution in [-0.2, 0) is 18.6 Å². The molecular weight excluding hydrogens is 547 g/mol. The highest BCUT2D eigenvalue weighted by molar-refractivity contribution is 9.10. The number of anilines is 1. The van der Waals surface area contributed by atoms with E-state index in [1.165, 1.54) is 14.0 Å².